The lowest BCUT2D eigenvalue weighted by Gasteiger charge is -2.18. The zero-order valence-corrected chi connectivity index (χ0v) is 13.8. The van der Waals surface area contributed by atoms with E-state index < -0.39 is 0 Å². The number of hydrogen-bond donors (Lipinski definition) is 1. The molecule has 0 fully saturated rings. The Bertz CT molecular complexity index is 740. The van der Waals surface area contributed by atoms with E-state index in [9.17, 15) is 4.39 Å². The third kappa shape index (κ3) is 3.40. The molecule has 0 aliphatic carbocycles. The van der Waals surface area contributed by atoms with Crippen LogP contribution in [0.1, 0.15) is 15.8 Å². The Morgan fingerprint density at radius 1 is 1.05 bits per heavy atom. The summed E-state index contributed by atoms with van der Waals surface area (Å²) in [6, 6.07) is 12.0. The number of nitrogens with one attached hydrogen (secondary N) is 1. The molecule has 21 heavy (non-hydrogen) atoms. The maximum absolute atomic E-state index is 13.4. The minimum Gasteiger partial charge on any atom is -0.371 e. The summed E-state index contributed by atoms with van der Waals surface area (Å²) in [5.74, 6) is -0.323. The number of rotatable bonds is 4. The Hall–Kier alpha value is -1.07. The van der Waals surface area contributed by atoms with E-state index >= 15 is 0 Å². The van der Waals surface area contributed by atoms with Crippen LogP contribution in [0.5, 0.6) is 0 Å². The lowest BCUT2D eigenvalue weighted by Crippen LogP contribution is -2.10. The SMILES string of the molecule is Fc1ccc(Cl)c(NC(c2cccs2)c2ccc(Cl)s2)c1. The van der Waals surface area contributed by atoms with Gasteiger partial charge in [-0.1, -0.05) is 29.3 Å². The summed E-state index contributed by atoms with van der Waals surface area (Å²) in [5.41, 5.74) is 0.569. The van der Waals surface area contributed by atoms with E-state index in [0.717, 1.165) is 14.1 Å². The fourth-order valence-electron chi connectivity index (χ4n) is 1.99. The van der Waals surface area contributed by atoms with Crippen LogP contribution in [-0.4, -0.2) is 0 Å². The van der Waals surface area contributed by atoms with Crippen molar-refractivity contribution in [2.45, 2.75) is 6.04 Å². The Morgan fingerprint density at radius 3 is 2.57 bits per heavy atom. The highest BCUT2D eigenvalue weighted by atomic mass is 35.5. The minimum absolute atomic E-state index is 0.0956. The van der Waals surface area contributed by atoms with Gasteiger partial charge < -0.3 is 5.32 Å². The molecule has 1 atom stereocenters. The standard InChI is InChI=1S/C15H10Cl2FNS2/c16-10-4-3-9(18)8-11(10)19-15(12-2-1-7-20-12)13-5-6-14(17)21-13/h1-8,15,19H. The van der Waals surface area contributed by atoms with E-state index in [0.29, 0.717) is 10.7 Å². The van der Waals surface area contributed by atoms with Crippen LogP contribution in [0.2, 0.25) is 9.36 Å². The van der Waals surface area contributed by atoms with Crippen LogP contribution in [-0.2, 0) is 0 Å². The van der Waals surface area contributed by atoms with Gasteiger partial charge in [0.05, 0.1) is 21.1 Å². The molecule has 1 N–H and O–H groups in total. The van der Waals surface area contributed by atoms with E-state index in [4.69, 9.17) is 23.2 Å². The molecule has 0 amide bonds. The van der Waals surface area contributed by atoms with Crippen LogP contribution >= 0.6 is 45.9 Å². The number of hydrogen-bond acceptors (Lipinski definition) is 3. The molecule has 1 unspecified atom stereocenters. The van der Waals surface area contributed by atoms with Gasteiger partial charge in [-0.05, 0) is 41.8 Å². The van der Waals surface area contributed by atoms with Gasteiger partial charge in [0.2, 0.25) is 0 Å². The van der Waals surface area contributed by atoms with Gasteiger partial charge in [-0.2, -0.15) is 0 Å². The molecule has 0 aliphatic heterocycles. The highest BCUT2D eigenvalue weighted by Gasteiger charge is 2.18. The van der Waals surface area contributed by atoms with Crippen LogP contribution in [0.25, 0.3) is 0 Å². The zero-order valence-electron chi connectivity index (χ0n) is 10.6. The molecule has 3 aromatic rings. The summed E-state index contributed by atoms with van der Waals surface area (Å²) in [4.78, 5) is 2.18. The first kappa shape index (κ1) is 14.9. The van der Waals surface area contributed by atoms with E-state index in [1.54, 1.807) is 17.4 Å². The summed E-state index contributed by atoms with van der Waals surface area (Å²) in [7, 11) is 0. The molecule has 0 radical (unpaired) electrons. The third-order valence-corrected chi connectivity index (χ3v) is 5.50. The minimum atomic E-state index is -0.323. The van der Waals surface area contributed by atoms with Crippen molar-refractivity contribution < 1.29 is 4.39 Å². The molecule has 0 saturated heterocycles. The van der Waals surface area contributed by atoms with Gasteiger partial charge in [-0.25, -0.2) is 4.39 Å². The topological polar surface area (TPSA) is 12.0 Å². The molecule has 1 aromatic carbocycles. The fourth-order valence-corrected chi connectivity index (χ4v) is 4.16. The number of thiophene rings is 2. The number of halogens is 3. The first-order valence-corrected chi connectivity index (χ1v) is 8.59. The normalized spacial score (nSPS) is 12.3. The molecule has 2 heterocycles. The van der Waals surface area contributed by atoms with Gasteiger partial charge in [0.1, 0.15) is 5.82 Å². The second kappa shape index (κ2) is 6.36. The quantitative estimate of drug-likeness (QED) is 0.565. The Balaban J connectivity index is 1.98. The average Bonchev–Trinajstić information content (AvgIpc) is 3.11. The average molecular weight is 358 g/mol. The Labute approximate surface area is 140 Å². The largest absolute Gasteiger partial charge is 0.371 e. The first-order chi connectivity index (χ1) is 10.1. The Kier molecular flexibility index (Phi) is 4.50. The van der Waals surface area contributed by atoms with Crippen molar-refractivity contribution in [3.05, 3.63) is 72.8 Å². The van der Waals surface area contributed by atoms with Crippen molar-refractivity contribution in [3.63, 3.8) is 0 Å². The van der Waals surface area contributed by atoms with E-state index in [-0.39, 0.29) is 11.9 Å². The van der Waals surface area contributed by atoms with Gasteiger partial charge in [-0.15, -0.1) is 22.7 Å². The molecule has 3 rings (SSSR count). The van der Waals surface area contributed by atoms with Crippen molar-refractivity contribution in [3.8, 4) is 0 Å². The molecule has 0 saturated carbocycles. The summed E-state index contributed by atoms with van der Waals surface area (Å²) in [5, 5.41) is 5.80. The van der Waals surface area contributed by atoms with Crippen molar-refractivity contribution in [1.82, 2.24) is 0 Å². The van der Waals surface area contributed by atoms with Gasteiger partial charge in [-0.3, -0.25) is 0 Å². The summed E-state index contributed by atoms with van der Waals surface area (Å²) >= 11 is 15.3. The molecule has 108 valence electrons. The molecule has 6 heteroatoms. The third-order valence-electron chi connectivity index (χ3n) is 2.93. The number of benzene rings is 1. The van der Waals surface area contributed by atoms with Crippen LogP contribution in [0.15, 0.2) is 47.8 Å². The maximum atomic E-state index is 13.4. The van der Waals surface area contributed by atoms with Gasteiger partial charge >= 0.3 is 0 Å². The summed E-state index contributed by atoms with van der Waals surface area (Å²) in [6.07, 6.45) is 0. The Morgan fingerprint density at radius 2 is 1.90 bits per heavy atom. The summed E-state index contributed by atoms with van der Waals surface area (Å²) < 4.78 is 14.2. The van der Waals surface area contributed by atoms with Crippen LogP contribution in [0, 0.1) is 5.82 Å². The van der Waals surface area contributed by atoms with Crippen LogP contribution in [0.4, 0.5) is 10.1 Å². The molecule has 0 spiro atoms. The van der Waals surface area contributed by atoms with Crippen LogP contribution in [0.3, 0.4) is 0 Å². The second-order valence-corrected chi connectivity index (χ2v) is 7.49. The van der Waals surface area contributed by atoms with Gasteiger partial charge in [0.25, 0.3) is 0 Å². The van der Waals surface area contributed by atoms with Crippen molar-refractivity contribution in [2.75, 3.05) is 5.32 Å². The fraction of sp³-hybridized carbons (Fsp3) is 0.0667. The maximum Gasteiger partial charge on any atom is 0.125 e. The molecule has 1 nitrogen and oxygen atoms in total. The van der Waals surface area contributed by atoms with Gasteiger partial charge in [0, 0.05) is 9.75 Å². The lowest BCUT2D eigenvalue weighted by atomic mass is 10.2. The zero-order chi connectivity index (χ0) is 14.8. The summed E-state index contributed by atoms with van der Waals surface area (Å²) in [6.45, 7) is 0. The first-order valence-electron chi connectivity index (χ1n) is 6.14. The van der Waals surface area contributed by atoms with Crippen molar-refractivity contribution >= 4 is 51.6 Å². The molecular weight excluding hydrogens is 348 g/mol. The number of anilines is 1. The molecule has 0 bridgehead atoms. The van der Waals surface area contributed by atoms with E-state index in [1.165, 1.54) is 23.5 Å². The van der Waals surface area contributed by atoms with E-state index in [2.05, 4.69) is 5.32 Å². The van der Waals surface area contributed by atoms with Crippen molar-refractivity contribution in [2.24, 2.45) is 0 Å². The monoisotopic (exact) mass is 357 g/mol. The smallest absolute Gasteiger partial charge is 0.125 e. The van der Waals surface area contributed by atoms with Crippen LogP contribution < -0.4 is 5.32 Å². The molecule has 2 aromatic heterocycles. The predicted octanol–water partition coefficient (Wildman–Crippen LogP) is 6.46. The molecule has 0 aliphatic rings. The molecular formula is C15H10Cl2FNS2. The van der Waals surface area contributed by atoms with E-state index in [1.807, 2.05) is 29.6 Å². The predicted molar refractivity (Wildman–Crippen MR) is 90.5 cm³/mol. The second-order valence-electron chi connectivity index (χ2n) is 4.36. The van der Waals surface area contributed by atoms with Crippen molar-refractivity contribution in [1.29, 1.82) is 0 Å². The highest BCUT2D eigenvalue weighted by molar-refractivity contribution is 7.16. The van der Waals surface area contributed by atoms with Gasteiger partial charge in [0.15, 0.2) is 0 Å². The highest BCUT2D eigenvalue weighted by Crippen LogP contribution is 2.37. The lowest BCUT2D eigenvalue weighted by molar-refractivity contribution is 0.628.